The fraction of sp³-hybridized carbons (Fsp3) is 0.160. The summed E-state index contributed by atoms with van der Waals surface area (Å²) in [7, 11) is 0. The van der Waals surface area contributed by atoms with Crippen LogP contribution in [0.3, 0.4) is 0 Å². The molecule has 4 aromatic rings. The van der Waals surface area contributed by atoms with Crippen molar-refractivity contribution in [2.45, 2.75) is 26.4 Å². The topological polar surface area (TPSA) is 143 Å². The molecule has 37 heavy (non-hydrogen) atoms. The Kier molecular flexibility index (Phi) is 7.50. The Morgan fingerprint density at radius 1 is 0.919 bits per heavy atom. The molecule has 0 aliphatic heterocycles. The third kappa shape index (κ3) is 6.90. The van der Waals surface area contributed by atoms with Crippen LogP contribution in [0.5, 0.6) is 11.5 Å². The molecule has 2 aromatic carbocycles. The van der Waals surface area contributed by atoms with Crippen LogP contribution < -0.4 is 20.5 Å². The van der Waals surface area contributed by atoms with Gasteiger partial charge >= 0.3 is 18.0 Å². The van der Waals surface area contributed by atoms with E-state index in [0.717, 1.165) is 22.7 Å². The number of amides is 1. The van der Waals surface area contributed by atoms with Gasteiger partial charge in [0.25, 0.3) is 0 Å². The van der Waals surface area contributed by atoms with Crippen molar-refractivity contribution in [1.29, 1.82) is 0 Å². The first kappa shape index (κ1) is 25.8. The molecule has 0 atom stereocenters. The van der Waals surface area contributed by atoms with Crippen molar-refractivity contribution >= 4 is 52.1 Å². The number of aromatic nitrogens is 2. The SMILES string of the molecule is CC(C)(C)OC(=O)Nc1ccc(OC(=O)c2nccs2)cc1-c1cnc(C(=O)Oc2ccc(N)cc2)s1. The predicted octanol–water partition coefficient (Wildman–Crippen LogP) is 5.63. The summed E-state index contributed by atoms with van der Waals surface area (Å²) >= 11 is 2.19. The Bertz CT molecular complexity index is 1430. The number of ether oxygens (including phenoxy) is 3. The van der Waals surface area contributed by atoms with Crippen LogP contribution >= 0.6 is 22.7 Å². The number of hydrogen-bond donors (Lipinski definition) is 2. The van der Waals surface area contributed by atoms with Crippen molar-refractivity contribution in [3.05, 3.63) is 70.3 Å². The Hall–Kier alpha value is -4.29. The molecule has 0 unspecified atom stereocenters. The molecule has 0 aliphatic carbocycles. The van der Waals surface area contributed by atoms with Gasteiger partial charge in [-0.15, -0.1) is 22.7 Å². The number of nitrogens with two attached hydrogens (primary N) is 1. The number of benzene rings is 2. The second-order valence-corrected chi connectivity index (χ2v) is 10.5. The molecule has 0 saturated carbocycles. The van der Waals surface area contributed by atoms with Crippen LogP contribution in [0.15, 0.2) is 60.2 Å². The molecule has 0 saturated heterocycles. The third-order valence-electron chi connectivity index (χ3n) is 4.48. The van der Waals surface area contributed by atoms with Crippen LogP contribution in [-0.2, 0) is 4.74 Å². The molecule has 190 valence electrons. The lowest BCUT2D eigenvalue weighted by Crippen LogP contribution is -2.27. The van der Waals surface area contributed by atoms with Gasteiger partial charge in [0.15, 0.2) is 0 Å². The monoisotopic (exact) mass is 538 g/mol. The van der Waals surface area contributed by atoms with Crippen LogP contribution in [0, 0.1) is 0 Å². The molecule has 4 rings (SSSR count). The normalized spacial score (nSPS) is 11.0. The van der Waals surface area contributed by atoms with Crippen LogP contribution in [-0.4, -0.2) is 33.6 Å². The van der Waals surface area contributed by atoms with Crippen LogP contribution in [0.1, 0.15) is 40.4 Å². The minimum absolute atomic E-state index is 0.0835. The van der Waals surface area contributed by atoms with E-state index in [0.29, 0.717) is 27.6 Å². The third-order valence-corrected chi connectivity index (χ3v) is 6.24. The molecular weight excluding hydrogens is 516 g/mol. The van der Waals surface area contributed by atoms with Gasteiger partial charge in [0.1, 0.15) is 17.1 Å². The fourth-order valence-corrected chi connectivity index (χ4v) is 4.30. The molecule has 0 radical (unpaired) electrons. The van der Waals surface area contributed by atoms with E-state index in [1.54, 1.807) is 62.5 Å². The van der Waals surface area contributed by atoms with Crippen LogP contribution in [0.2, 0.25) is 0 Å². The van der Waals surface area contributed by atoms with Gasteiger partial charge in [0, 0.05) is 29.0 Å². The average Bonchev–Trinajstić information content (AvgIpc) is 3.53. The maximum atomic E-state index is 12.6. The standard InChI is InChI=1S/C25H22N4O6S2/c1-25(2,3)35-24(32)29-18-9-8-16(34-22(30)20-27-10-11-36-20)12-17(18)19-13-28-21(37-19)23(31)33-15-6-4-14(26)5-7-15/h4-13H,26H2,1-3H3,(H,29,32). The zero-order valence-corrected chi connectivity index (χ0v) is 21.6. The predicted molar refractivity (Wildman–Crippen MR) is 140 cm³/mol. The van der Waals surface area contributed by atoms with Gasteiger partial charge in [0.05, 0.1) is 10.6 Å². The first-order valence-corrected chi connectivity index (χ1v) is 12.6. The van der Waals surface area contributed by atoms with Gasteiger partial charge in [-0.25, -0.2) is 24.4 Å². The smallest absolute Gasteiger partial charge is 0.412 e. The van der Waals surface area contributed by atoms with Gasteiger partial charge in [-0.2, -0.15) is 0 Å². The fourth-order valence-electron chi connectivity index (χ4n) is 2.97. The summed E-state index contributed by atoms with van der Waals surface area (Å²) in [4.78, 5) is 46.1. The maximum absolute atomic E-state index is 12.6. The first-order valence-electron chi connectivity index (χ1n) is 10.9. The molecular formula is C25H22N4O6S2. The summed E-state index contributed by atoms with van der Waals surface area (Å²) in [5, 5.41) is 4.64. The van der Waals surface area contributed by atoms with Crippen LogP contribution in [0.4, 0.5) is 16.2 Å². The summed E-state index contributed by atoms with van der Waals surface area (Å²) in [6.45, 7) is 5.24. The van der Waals surface area contributed by atoms with Gasteiger partial charge in [-0.1, -0.05) is 0 Å². The number of carbonyl (C=O) groups is 3. The molecule has 1 amide bonds. The van der Waals surface area contributed by atoms with Gasteiger partial charge < -0.3 is 19.9 Å². The van der Waals surface area contributed by atoms with E-state index in [1.807, 2.05) is 0 Å². The number of carbonyl (C=O) groups excluding carboxylic acids is 3. The second-order valence-electron chi connectivity index (χ2n) is 8.55. The highest BCUT2D eigenvalue weighted by molar-refractivity contribution is 7.17. The molecule has 2 heterocycles. The summed E-state index contributed by atoms with van der Waals surface area (Å²) in [5.74, 6) is -0.747. The average molecular weight is 539 g/mol. The van der Waals surface area contributed by atoms with Crippen molar-refractivity contribution in [3.8, 4) is 21.9 Å². The Morgan fingerprint density at radius 2 is 1.59 bits per heavy atom. The number of anilines is 2. The lowest BCUT2D eigenvalue weighted by molar-refractivity contribution is 0.0633. The molecule has 0 bridgehead atoms. The zero-order chi connectivity index (χ0) is 26.6. The molecule has 12 heteroatoms. The number of hydrogen-bond acceptors (Lipinski definition) is 11. The lowest BCUT2D eigenvalue weighted by Gasteiger charge is -2.20. The molecule has 3 N–H and O–H groups in total. The number of rotatable bonds is 6. The molecule has 0 aliphatic rings. The second kappa shape index (κ2) is 10.8. The zero-order valence-electron chi connectivity index (χ0n) is 20.0. The summed E-state index contributed by atoms with van der Waals surface area (Å²) in [6, 6.07) is 11.0. The Balaban J connectivity index is 1.61. The number of nitrogens with zero attached hydrogens (tertiary/aromatic N) is 2. The number of nitrogen functional groups attached to an aromatic ring is 1. The number of thiazole rings is 2. The largest absolute Gasteiger partial charge is 0.444 e. The van der Waals surface area contributed by atoms with Crippen LogP contribution in [0.25, 0.3) is 10.4 Å². The van der Waals surface area contributed by atoms with E-state index < -0.39 is 23.6 Å². The van der Waals surface area contributed by atoms with Gasteiger partial charge in [-0.05, 0) is 63.2 Å². The van der Waals surface area contributed by atoms with E-state index in [9.17, 15) is 14.4 Å². The lowest BCUT2D eigenvalue weighted by atomic mass is 10.1. The van der Waals surface area contributed by atoms with Crippen molar-refractivity contribution in [2.75, 3.05) is 11.1 Å². The van der Waals surface area contributed by atoms with Crippen molar-refractivity contribution < 1.29 is 28.6 Å². The highest BCUT2D eigenvalue weighted by Crippen LogP contribution is 2.36. The van der Waals surface area contributed by atoms with Crippen molar-refractivity contribution in [3.63, 3.8) is 0 Å². The molecule has 2 aromatic heterocycles. The van der Waals surface area contributed by atoms with E-state index in [4.69, 9.17) is 19.9 Å². The van der Waals surface area contributed by atoms with E-state index in [1.165, 1.54) is 18.5 Å². The van der Waals surface area contributed by atoms with E-state index in [2.05, 4.69) is 15.3 Å². The Morgan fingerprint density at radius 3 is 2.27 bits per heavy atom. The Labute approximate surface area is 220 Å². The highest BCUT2D eigenvalue weighted by Gasteiger charge is 2.21. The molecule has 10 nitrogen and oxygen atoms in total. The van der Waals surface area contributed by atoms with E-state index in [-0.39, 0.29) is 15.8 Å². The van der Waals surface area contributed by atoms with Gasteiger partial charge in [0.2, 0.25) is 10.0 Å². The summed E-state index contributed by atoms with van der Waals surface area (Å²) < 4.78 is 16.2. The van der Waals surface area contributed by atoms with Crippen molar-refractivity contribution in [1.82, 2.24) is 9.97 Å². The van der Waals surface area contributed by atoms with E-state index >= 15 is 0 Å². The highest BCUT2D eigenvalue weighted by atomic mass is 32.1. The molecule has 0 fully saturated rings. The minimum atomic E-state index is -0.711. The molecule has 0 spiro atoms. The van der Waals surface area contributed by atoms with Crippen molar-refractivity contribution in [2.24, 2.45) is 0 Å². The minimum Gasteiger partial charge on any atom is -0.444 e. The first-order chi connectivity index (χ1) is 17.6. The maximum Gasteiger partial charge on any atom is 0.412 e. The summed E-state index contributed by atoms with van der Waals surface area (Å²) in [5.41, 5.74) is 6.32. The number of nitrogens with one attached hydrogen (secondary N) is 1. The van der Waals surface area contributed by atoms with Gasteiger partial charge in [-0.3, -0.25) is 5.32 Å². The quantitative estimate of drug-likeness (QED) is 0.181. The summed E-state index contributed by atoms with van der Waals surface area (Å²) in [6.07, 6.45) is 2.29. The number of esters is 2.